The first-order valence-electron chi connectivity index (χ1n) is 14.2. The first-order chi connectivity index (χ1) is 20.3. The van der Waals surface area contributed by atoms with Crippen LogP contribution in [0.15, 0.2) is 83.4 Å². The highest BCUT2D eigenvalue weighted by Gasteiger charge is 2.43. The Morgan fingerprint density at radius 2 is 1.86 bits per heavy atom. The number of anilines is 2. The van der Waals surface area contributed by atoms with Gasteiger partial charge in [-0.25, -0.2) is 4.79 Å². The summed E-state index contributed by atoms with van der Waals surface area (Å²) in [5.41, 5.74) is 3.98. The molecule has 1 N–H and O–H groups in total. The van der Waals surface area contributed by atoms with Crippen molar-refractivity contribution in [3.8, 4) is 11.3 Å². The SMILES string of the molecule is COC(=O)c1cccc(-c2ccc([C@@H]3[C@H](c4ccccn4)NC(=S)N3c3ccc(N4C[C@H](C)C[C@@H](C)C4)c(Cl)c3)o2)c1. The molecular formula is C33H33ClN4O3S. The van der Waals surface area contributed by atoms with Crippen LogP contribution in [0.1, 0.15) is 54.2 Å². The predicted molar refractivity (Wildman–Crippen MR) is 170 cm³/mol. The van der Waals surface area contributed by atoms with Crippen molar-refractivity contribution in [3.63, 3.8) is 0 Å². The molecule has 2 aromatic heterocycles. The molecule has 0 spiro atoms. The van der Waals surface area contributed by atoms with Crippen LogP contribution in [-0.2, 0) is 4.74 Å². The fourth-order valence-electron chi connectivity index (χ4n) is 6.27. The highest BCUT2D eigenvalue weighted by molar-refractivity contribution is 7.80. The minimum absolute atomic E-state index is 0.263. The van der Waals surface area contributed by atoms with E-state index < -0.39 is 5.97 Å². The summed E-state index contributed by atoms with van der Waals surface area (Å²) in [6.45, 7) is 6.57. The third kappa shape index (κ3) is 5.49. The number of carbonyl (C=O) groups excluding carboxylic acids is 1. The van der Waals surface area contributed by atoms with Crippen molar-refractivity contribution in [2.24, 2.45) is 11.8 Å². The molecule has 2 fully saturated rings. The number of halogens is 1. The quantitative estimate of drug-likeness (QED) is 0.181. The molecule has 2 aromatic carbocycles. The molecule has 2 aliphatic heterocycles. The van der Waals surface area contributed by atoms with Gasteiger partial charge >= 0.3 is 5.97 Å². The first kappa shape index (κ1) is 28.2. The largest absolute Gasteiger partial charge is 0.465 e. The van der Waals surface area contributed by atoms with E-state index in [0.29, 0.717) is 39.1 Å². The number of rotatable bonds is 6. The fourth-order valence-corrected chi connectivity index (χ4v) is 6.91. The Morgan fingerprint density at radius 1 is 1.05 bits per heavy atom. The molecule has 2 aliphatic rings. The Balaban J connectivity index is 1.38. The summed E-state index contributed by atoms with van der Waals surface area (Å²) >= 11 is 12.9. The minimum atomic E-state index is -0.399. The number of piperidine rings is 1. The van der Waals surface area contributed by atoms with Crippen molar-refractivity contribution < 1.29 is 13.9 Å². The maximum Gasteiger partial charge on any atom is 0.337 e. The molecule has 0 aliphatic carbocycles. The fraction of sp³-hybridized carbons (Fsp3) is 0.303. The van der Waals surface area contributed by atoms with E-state index in [1.165, 1.54) is 13.5 Å². The third-order valence-electron chi connectivity index (χ3n) is 8.00. The molecule has 42 heavy (non-hydrogen) atoms. The monoisotopic (exact) mass is 600 g/mol. The van der Waals surface area contributed by atoms with Crippen molar-refractivity contribution in [1.82, 2.24) is 10.3 Å². The number of nitrogens with zero attached hydrogens (tertiary/aromatic N) is 3. The van der Waals surface area contributed by atoms with E-state index >= 15 is 0 Å². The van der Waals surface area contributed by atoms with Crippen LogP contribution in [0.3, 0.4) is 0 Å². The second kappa shape index (κ2) is 11.8. The maximum atomic E-state index is 12.1. The number of hydrogen-bond donors (Lipinski definition) is 1. The first-order valence-corrected chi connectivity index (χ1v) is 14.9. The van der Waals surface area contributed by atoms with Gasteiger partial charge in [-0.1, -0.05) is 43.6 Å². The summed E-state index contributed by atoms with van der Waals surface area (Å²) < 4.78 is 11.4. The van der Waals surface area contributed by atoms with Crippen LogP contribution in [-0.4, -0.2) is 36.3 Å². The molecule has 0 radical (unpaired) electrons. The number of pyridine rings is 1. The van der Waals surface area contributed by atoms with Gasteiger partial charge in [0.2, 0.25) is 0 Å². The standard InChI is InChI=1S/C33H33ClN4O3S/c1-20-15-21(2)19-37(18-20)27-11-10-24(17-25(27)34)38-31(30(36-33(38)42)26-9-4-5-14-35-26)29-13-12-28(41-29)22-7-6-8-23(16-22)32(39)40-3/h4-14,16-17,20-21,30-31H,15,18-19H2,1-3H3,(H,36,42)/t20-,21-,30+,31-/m1/s1. The lowest BCUT2D eigenvalue weighted by molar-refractivity contribution is 0.0601. The Kier molecular flexibility index (Phi) is 7.92. The van der Waals surface area contributed by atoms with Gasteiger partial charge in [-0.2, -0.15) is 0 Å². The van der Waals surface area contributed by atoms with Gasteiger partial charge in [0, 0.05) is 30.5 Å². The molecule has 216 valence electrons. The van der Waals surface area contributed by atoms with Gasteiger partial charge < -0.3 is 24.3 Å². The molecular weight excluding hydrogens is 568 g/mol. The molecule has 9 heteroatoms. The van der Waals surface area contributed by atoms with E-state index in [2.05, 4.69) is 46.1 Å². The number of hydrogen-bond acceptors (Lipinski definition) is 6. The minimum Gasteiger partial charge on any atom is -0.465 e. The van der Waals surface area contributed by atoms with E-state index in [1.807, 2.05) is 48.5 Å². The third-order valence-corrected chi connectivity index (χ3v) is 8.62. The highest BCUT2D eigenvalue weighted by Crippen LogP contribution is 2.44. The van der Waals surface area contributed by atoms with Crippen molar-refractivity contribution >= 4 is 46.3 Å². The van der Waals surface area contributed by atoms with Gasteiger partial charge in [0.15, 0.2) is 5.11 Å². The zero-order chi connectivity index (χ0) is 29.4. The lowest BCUT2D eigenvalue weighted by Gasteiger charge is -2.37. The van der Waals surface area contributed by atoms with Gasteiger partial charge in [-0.05, 0) is 85.1 Å². The Hall–Kier alpha value is -3.88. The summed E-state index contributed by atoms with van der Waals surface area (Å²) in [7, 11) is 1.37. The number of methoxy groups -OCH3 is 1. The number of nitrogens with one attached hydrogen (secondary N) is 1. The van der Waals surface area contributed by atoms with Crippen molar-refractivity contribution in [3.05, 3.63) is 101 Å². The van der Waals surface area contributed by atoms with Gasteiger partial charge in [0.1, 0.15) is 17.6 Å². The maximum absolute atomic E-state index is 12.1. The Bertz CT molecular complexity index is 1600. The van der Waals surface area contributed by atoms with Gasteiger partial charge in [0.25, 0.3) is 0 Å². The number of ether oxygens (including phenoxy) is 1. The van der Waals surface area contributed by atoms with E-state index in [4.69, 9.17) is 33.0 Å². The molecule has 2 saturated heterocycles. The molecule has 4 atom stereocenters. The molecule has 7 nitrogen and oxygen atoms in total. The second-order valence-corrected chi connectivity index (χ2v) is 12.1. The Morgan fingerprint density at radius 3 is 2.57 bits per heavy atom. The number of aromatic nitrogens is 1. The molecule has 0 bridgehead atoms. The van der Waals surface area contributed by atoms with E-state index in [0.717, 1.165) is 35.7 Å². The highest BCUT2D eigenvalue weighted by atomic mass is 35.5. The number of carbonyl (C=O) groups is 1. The molecule has 4 heterocycles. The van der Waals surface area contributed by atoms with Crippen molar-refractivity contribution in [2.75, 3.05) is 30.0 Å². The van der Waals surface area contributed by atoms with Gasteiger partial charge in [0.05, 0.1) is 35.1 Å². The van der Waals surface area contributed by atoms with Crippen LogP contribution < -0.4 is 15.1 Å². The summed E-state index contributed by atoms with van der Waals surface area (Å²) in [5, 5.41) is 4.73. The van der Waals surface area contributed by atoms with Gasteiger partial charge in [-0.3, -0.25) is 4.98 Å². The lowest BCUT2D eigenvalue weighted by Crippen LogP contribution is -2.38. The zero-order valence-corrected chi connectivity index (χ0v) is 25.4. The Labute approximate surface area is 256 Å². The van der Waals surface area contributed by atoms with Gasteiger partial charge in [-0.15, -0.1) is 0 Å². The smallest absolute Gasteiger partial charge is 0.337 e. The molecule has 0 unspecified atom stereocenters. The van der Waals surface area contributed by atoms with E-state index in [1.54, 1.807) is 18.3 Å². The molecule has 6 rings (SSSR count). The number of esters is 1. The summed E-state index contributed by atoms with van der Waals surface area (Å²) in [6.07, 6.45) is 3.01. The topological polar surface area (TPSA) is 70.8 Å². The van der Waals surface area contributed by atoms with Crippen molar-refractivity contribution in [1.29, 1.82) is 0 Å². The number of thiocarbonyl (C=S) groups is 1. The summed E-state index contributed by atoms with van der Waals surface area (Å²) in [4.78, 5) is 21.2. The van der Waals surface area contributed by atoms with Crippen LogP contribution in [0.4, 0.5) is 11.4 Å². The second-order valence-electron chi connectivity index (χ2n) is 11.3. The summed E-state index contributed by atoms with van der Waals surface area (Å²) in [5.74, 6) is 2.17. The van der Waals surface area contributed by atoms with Crippen molar-refractivity contribution in [2.45, 2.75) is 32.4 Å². The van der Waals surface area contributed by atoms with E-state index in [9.17, 15) is 4.79 Å². The van der Waals surface area contributed by atoms with E-state index in [-0.39, 0.29) is 12.1 Å². The van der Waals surface area contributed by atoms with Crippen LogP contribution in [0.25, 0.3) is 11.3 Å². The summed E-state index contributed by atoms with van der Waals surface area (Å²) in [6, 6.07) is 22.5. The molecule has 4 aromatic rings. The lowest BCUT2D eigenvalue weighted by atomic mass is 9.91. The van der Waals surface area contributed by atoms with Crippen LogP contribution >= 0.6 is 23.8 Å². The normalized spacial score (nSPS) is 22.2. The van der Waals surface area contributed by atoms with Crippen LogP contribution in [0, 0.1) is 11.8 Å². The van der Waals surface area contributed by atoms with Crippen LogP contribution in [0.2, 0.25) is 5.02 Å². The predicted octanol–water partition coefficient (Wildman–Crippen LogP) is 7.44. The average Bonchev–Trinajstić information content (AvgIpc) is 3.61. The molecule has 0 saturated carbocycles. The zero-order valence-electron chi connectivity index (χ0n) is 23.8. The van der Waals surface area contributed by atoms with Crippen LogP contribution in [0.5, 0.6) is 0 Å². The molecule has 0 amide bonds. The average molecular weight is 601 g/mol. The number of benzene rings is 2. The number of furan rings is 1.